The van der Waals surface area contributed by atoms with Crippen LogP contribution in [0.5, 0.6) is 5.75 Å². The molecular formula is C21H26FNO6. The van der Waals surface area contributed by atoms with Crippen molar-refractivity contribution >= 4 is 23.5 Å². The lowest BCUT2D eigenvalue weighted by molar-refractivity contribution is -0.130. The number of nitrogens with one attached hydrogen (secondary N) is 1. The Bertz CT molecular complexity index is 835. The van der Waals surface area contributed by atoms with Crippen LogP contribution in [-0.2, 0) is 9.53 Å². The van der Waals surface area contributed by atoms with Gasteiger partial charge in [-0.25, -0.2) is 9.18 Å². The van der Waals surface area contributed by atoms with Crippen molar-refractivity contribution in [2.24, 2.45) is 5.92 Å². The van der Waals surface area contributed by atoms with E-state index in [4.69, 9.17) is 4.74 Å². The third kappa shape index (κ3) is 5.42. The maximum absolute atomic E-state index is 14.1. The molecule has 4 atom stereocenters. The van der Waals surface area contributed by atoms with E-state index < -0.39 is 41.8 Å². The number of phenols is 1. The zero-order valence-corrected chi connectivity index (χ0v) is 16.6. The molecular weight excluding hydrogens is 381 g/mol. The maximum Gasteiger partial charge on any atom is 0.342 e. The number of carbonyl (C=O) groups is 2. The van der Waals surface area contributed by atoms with Crippen LogP contribution in [0.15, 0.2) is 30.1 Å². The Balaban J connectivity index is 2.53. The summed E-state index contributed by atoms with van der Waals surface area (Å²) in [6.45, 7) is 5.52. The highest BCUT2D eigenvalue weighted by atomic mass is 19.1. The van der Waals surface area contributed by atoms with Crippen molar-refractivity contribution in [3.63, 3.8) is 0 Å². The quantitative estimate of drug-likeness (QED) is 0.557. The van der Waals surface area contributed by atoms with Crippen LogP contribution in [-0.4, -0.2) is 51.9 Å². The average Bonchev–Trinajstić information content (AvgIpc) is 2.65. The van der Waals surface area contributed by atoms with Crippen LogP contribution in [0.2, 0.25) is 0 Å². The lowest BCUT2D eigenvalue weighted by Crippen LogP contribution is -2.34. The fourth-order valence-electron chi connectivity index (χ4n) is 2.87. The number of ether oxygens (including phenoxy) is 1. The molecule has 0 aromatic heterocycles. The predicted molar refractivity (Wildman–Crippen MR) is 106 cm³/mol. The standard InChI is InChI=1S/C21H26FNO6/c1-4-23-14-9-13-6-5-7-16(24)20(27)19(26)15(22)8-11(2)12(3)29-21(28)18(13)17(25)10-14/h5-6,8-12,16,20,23-25,27H,4,7H2,1-3H3/b6-5+,15-8+/t11-,12?,16?,20+/m1/s1. The minimum atomic E-state index is -1.93. The van der Waals surface area contributed by atoms with Gasteiger partial charge in [-0.3, -0.25) is 4.79 Å². The number of benzene rings is 1. The van der Waals surface area contributed by atoms with Crippen LogP contribution >= 0.6 is 0 Å². The van der Waals surface area contributed by atoms with Gasteiger partial charge in [-0.1, -0.05) is 19.1 Å². The normalized spacial score (nSPS) is 29.1. The third-order valence-corrected chi connectivity index (χ3v) is 4.72. The van der Waals surface area contributed by atoms with Gasteiger partial charge < -0.3 is 25.4 Å². The van der Waals surface area contributed by atoms with Gasteiger partial charge in [0.1, 0.15) is 23.5 Å². The molecule has 1 aliphatic heterocycles. The van der Waals surface area contributed by atoms with Crippen molar-refractivity contribution in [3.8, 4) is 5.75 Å². The molecule has 2 rings (SSSR count). The number of halogens is 1. The van der Waals surface area contributed by atoms with Crippen LogP contribution in [0.3, 0.4) is 0 Å². The molecule has 1 aliphatic rings. The molecule has 0 aliphatic carbocycles. The van der Waals surface area contributed by atoms with Gasteiger partial charge in [0.25, 0.3) is 0 Å². The summed E-state index contributed by atoms with van der Waals surface area (Å²) >= 11 is 0. The molecule has 1 heterocycles. The van der Waals surface area contributed by atoms with Crippen molar-refractivity contribution in [2.75, 3.05) is 11.9 Å². The summed E-state index contributed by atoms with van der Waals surface area (Å²) in [6.07, 6.45) is -0.638. The molecule has 0 bridgehead atoms. The molecule has 158 valence electrons. The van der Waals surface area contributed by atoms with Gasteiger partial charge in [0, 0.05) is 24.2 Å². The molecule has 0 amide bonds. The first-order valence-corrected chi connectivity index (χ1v) is 9.41. The molecule has 4 N–H and O–H groups in total. The predicted octanol–water partition coefficient (Wildman–Crippen LogP) is 2.57. The first kappa shape index (κ1) is 22.6. The number of carbonyl (C=O) groups excluding carboxylic acids is 2. The van der Waals surface area contributed by atoms with Gasteiger partial charge in [0.05, 0.1) is 6.10 Å². The number of phenolic OH excluding ortho intramolecular Hbond substituents is 1. The highest BCUT2D eigenvalue weighted by Gasteiger charge is 2.29. The first-order valence-electron chi connectivity index (χ1n) is 9.41. The van der Waals surface area contributed by atoms with E-state index in [1.54, 1.807) is 6.07 Å². The van der Waals surface area contributed by atoms with Crippen molar-refractivity contribution in [3.05, 3.63) is 41.2 Å². The topological polar surface area (TPSA) is 116 Å². The number of aliphatic hydroxyl groups excluding tert-OH is 2. The maximum atomic E-state index is 14.1. The molecule has 8 heteroatoms. The van der Waals surface area contributed by atoms with Crippen molar-refractivity contribution in [1.29, 1.82) is 0 Å². The van der Waals surface area contributed by atoms with Gasteiger partial charge in [-0.15, -0.1) is 0 Å². The molecule has 7 nitrogen and oxygen atoms in total. The van der Waals surface area contributed by atoms with E-state index in [9.17, 15) is 29.3 Å². The van der Waals surface area contributed by atoms with Crippen molar-refractivity contribution in [1.82, 2.24) is 0 Å². The molecule has 1 aromatic carbocycles. The molecule has 2 unspecified atom stereocenters. The fraction of sp³-hybridized carbons (Fsp3) is 0.429. The number of rotatable bonds is 2. The number of Topliss-reactive ketones (excluding diaryl/α,β-unsaturated/α-hetero) is 1. The Labute approximate surface area is 168 Å². The van der Waals surface area contributed by atoms with E-state index in [1.165, 1.54) is 32.1 Å². The highest BCUT2D eigenvalue weighted by molar-refractivity contribution is 5.98. The Morgan fingerprint density at radius 3 is 2.59 bits per heavy atom. The Morgan fingerprint density at radius 2 is 1.93 bits per heavy atom. The summed E-state index contributed by atoms with van der Waals surface area (Å²) in [4.78, 5) is 24.7. The van der Waals surface area contributed by atoms with E-state index in [0.717, 1.165) is 6.08 Å². The number of cyclic esters (lactones) is 1. The second-order valence-electron chi connectivity index (χ2n) is 6.99. The SMILES string of the molecule is CCNc1cc(O)c2c(c1)/C=C/CC(O)[C@H](O)C(=O)/C(F)=C\[C@@H](C)C(C)OC2=O. The van der Waals surface area contributed by atoms with Gasteiger partial charge in [0.2, 0.25) is 5.78 Å². The first-order chi connectivity index (χ1) is 13.6. The Hall–Kier alpha value is -2.71. The second-order valence-corrected chi connectivity index (χ2v) is 6.99. The number of ketones is 1. The summed E-state index contributed by atoms with van der Waals surface area (Å²) in [5.41, 5.74) is 0.830. The Kier molecular flexibility index (Phi) is 7.53. The summed E-state index contributed by atoms with van der Waals surface area (Å²) in [5.74, 6) is -4.25. The minimum absolute atomic E-state index is 0.0745. The minimum Gasteiger partial charge on any atom is -0.507 e. The summed E-state index contributed by atoms with van der Waals surface area (Å²) in [7, 11) is 0. The van der Waals surface area contributed by atoms with Gasteiger partial charge in [-0.05, 0) is 38.0 Å². The average molecular weight is 407 g/mol. The van der Waals surface area contributed by atoms with Crippen LogP contribution in [0.1, 0.15) is 43.1 Å². The number of fused-ring (bicyclic) bond motifs is 1. The second kappa shape index (κ2) is 9.67. The molecule has 0 radical (unpaired) electrons. The van der Waals surface area contributed by atoms with E-state index >= 15 is 0 Å². The van der Waals surface area contributed by atoms with Gasteiger partial charge in [-0.2, -0.15) is 0 Å². The largest absolute Gasteiger partial charge is 0.507 e. The third-order valence-electron chi connectivity index (χ3n) is 4.72. The number of anilines is 1. The van der Waals surface area contributed by atoms with Gasteiger partial charge >= 0.3 is 5.97 Å². The van der Waals surface area contributed by atoms with Crippen LogP contribution < -0.4 is 5.32 Å². The molecule has 0 saturated carbocycles. The highest BCUT2D eigenvalue weighted by Crippen LogP contribution is 2.30. The monoisotopic (exact) mass is 407 g/mol. The number of aliphatic hydroxyl groups is 2. The zero-order chi connectivity index (χ0) is 21.7. The van der Waals surface area contributed by atoms with E-state index in [-0.39, 0.29) is 17.7 Å². The number of esters is 1. The van der Waals surface area contributed by atoms with Crippen molar-refractivity contribution in [2.45, 2.75) is 45.5 Å². The molecule has 1 aromatic rings. The molecule has 0 fully saturated rings. The smallest absolute Gasteiger partial charge is 0.342 e. The summed E-state index contributed by atoms with van der Waals surface area (Å²) < 4.78 is 19.5. The molecule has 0 spiro atoms. The fourth-order valence-corrected chi connectivity index (χ4v) is 2.87. The van der Waals surface area contributed by atoms with Crippen LogP contribution in [0.25, 0.3) is 6.08 Å². The van der Waals surface area contributed by atoms with Crippen molar-refractivity contribution < 1.29 is 34.0 Å². The number of aromatic hydroxyl groups is 1. The molecule has 0 saturated heterocycles. The number of hydrogen-bond acceptors (Lipinski definition) is 7. The van der Waals surface area contributed by atoms with E-state index in [1.807, 2.05) is 6.92 Å². The number of hydrogen-bond donors (Lipinski definition) is 4. The zero-order valence-electron chi connectivity index (χ0n) is 16.6. The lowest BCUT2D eigenvalue weighted by atomic mass is 9.99. The lowest BCUT2D eigenvalue weighted by Gasteiger charge is -2.21. The molecule has 29 heavy (non-hydrogen) atoms. The van der Waals surface area contributed by atoms with E-state index in [2.05, 4.69) is 5.32 Å². The van der Waals surface area contributed by atoms with E-state index in [0.29, 0.717) is 17.8 Å². The summed E-state index contributed by atoms with van der Waals surface area (Å²) in [6, 6.07) is 3.02. The summed E-state index contributed by atoms with van der Waals surface area (Å²) in [5, 5.41) is 33.4. The van der Waals surface area contributed by atoms with Gasteiger partial charge in [0.15, 0.2) is 5.83 Å². The van der Waals surface area contributed by atoms with Crippen LogP contribution in [0, 0.1) is 5.92 Å². The Morgan fingerprint density at radius 1 is 1.24 bits per heavy atom. The van der Waals surface area contributed by atoms with Crippen LogP contribution in [0.4, 0.5) is 10.1 Å².